The number of hydrogen-bond donors (Lipinski definition) is 0. The molecule has 2 heterocycles. The van der Waals surface area contributed by atoms with E-state index >= 15 is 0 Å². The maximum Gasteiger partial charge on any atom is 0.269 e. The Morgan fingerprint density at radius 1 is 1.03 bits per heavy atom. The molecule has 0 unspecified atom stereocenters. The first kappa shape index (κ1) is 24.5. The monoisotopic (exact) mass is 499 g/mol. The Morgan fingerprint density at radius 3 is 2.41 bits per heavy atom. The molecule has 1 aliphatic rings. The van der Waals surface area contributed by atoms with Crippen molar-refractivity contribution in [3.63, 3.8) is 0 Å². The van der Waals surface area contributed by atoms with E-state index in [0.717, 1.165) is 33.3 Å². The molecule has 3 aromatic carbocycles. The molecule has 1 aliphatic heterocycles. The van der Waals surface area contributed by atoms with Crippen LogP contribution in [0.3, 0.4) is 0 Å². The lowest BCUT2D eigenvalue weighted by Crippen LogP contribution is -2.41. The fourth-order valence-electron chi connectivity index (χ4n) is 4.96. The minimum absolute atomic E-state index is 0.0314. The van der Waals surface area contributed by atoms with E-state index in [1.54, 1.807) is 19.2 Å². The van der Waals surface area contributed by atoms with E-state index in [1.807, 2.05) is 41.3 Å². The molecular formula is C29H29N3O5. The van der Waals surface area contributed by atoms with Crippen LogP contribution in [-0.2, 0) is 16.1 Å². The number of non-ortho nitro benzene ring substituents is 1. The Kier molecular flexibility index (Phi) is 7.18. The second-order valence-electron chi connectivity index (χ2n) is 9.18. The van der Waals surface area contributed by atoms with E-state index < -0.39 is 4.92 Å². The van der Waals surface area contributed by atoms with Crippen LogP contribution < -0.4 is 4.74 Å². The van der Waals surface area contributed by atoms with Gasteiger partial charge in [-0.3, -0.25) is 14.9 Å². The van der Waals surface area contributed by atoms with E-state index in [2.05, 4.69) is 22.9 Å². The van der Waals surface area contributed by atoms with E-state index in [9.17, 15) is 14.9 Å². The number of nitro benzene ring substituents is 1. The number of ether oxygens (including phenoxy) is 2. The number of carbonyl (C=O) groups excluding carboxylic acids is 1. The molecular weight excluding hydrogens is 470 g/mol. The van der Waals surface area contributed by atoms with Gasteiger partial charge in [-0.15, -0.1) is 0 Å². The minimum Gasteiger partial charge on any atom is -0.497 e. The van der Waals surface area contributed by atoms with Crippen molar-refractivity contribution in [2.24, 2.45) is 0 Å². The summed E-state index contributed by atoms with van der Waals surface area (Å²) in [5.74, 6) is 0.610. The van der Waals surface area contributed by atoms with Gasteiger partial charge in [-0.2, -0.15) is 0 Å². The van der Waals surface area contributed by atoms with Gasteiger partial charge >= 0.3 is 0 Å². The van der Waals surface area contributed by atoms with Gasteiger partial charge in [0, 0.05) is 61.2 Å². The summed E-state index contributed by atoms with van der Waals surface area (Å²) >= 11 is 0. The molecule has 37 heavy (non-hydrogen) atoms. The van der Waals surface area contributed by atoms with Crippen LogP contribution in [-0.4, -0.2) is 53.7 Å². The molecule has 1 saturated heterocycles. The number of carbonyl (C=O) groups is 1. The Labute approximate surface area is 215 Å². The van der Waals surface area contributed by atoms with Gasteiger partial charge in [-0.1, -0.05) is 42.5 Å². The van der Waals surface area contributed by atoms with Gasteiger partial charge in [0.2, 0.25) is 5.91 Å². The quantitative estimate of drug-likeness (QED) is 0.252. The zero-order chi connectivity index (χ0) is 25.8. The Hall–Kier alpha value is -4.17. The summed E-state index contributed by atoms with van der Waals surface area (Å²) in [5, 5.41) is 12.3. The highest BCUT2D eigenvalue weighted by atomic mass is 16.6. The first-order valence-corrected chi connectivity index (χ1v) is 12.3. The lowest BCUT2D eigenvalue weighted by Gasteiger charge is -2.28. The third-order valence-corrected chi connectivity index (χ3v) is 6.96. The number of hydrogen-bond acceptors (Lipinski definition) is 5. The number of para-hydroxylation sites is 1. The number of fused-ring (bicyclic) bond motifs is 1. The Balaban J connectivity index is 1.54. The highest BCUT2D eigenvalue weighted by Gasteiger charge is 2.26. The Bertz CT molecular complexity index is 1390. The summed E-state index contributed by atoms with van der Waals surface area (Å²) in [6, 6.07) is 22.7. The smallest absolute Gasteiger partial charge is 0.269 e. The van der Waals surface area contributed by atoms with Gasteiger partial charge in [-0.25, -0.2) is 0 Å². The Morgan fingerprint density at radius 2 is 1.73 bits per heavy atom. The molecule has 190 valence electrons. The fraction of sp³-hybridized carbons (Fsp3) is 0.276. The standard InChI is InChI=1S/C29H29N3O5/c1-36-24-12-6-21(7-13-24)19-31-20-27(25-4-2-3-5-28(25)31)26(18-29(33)30-14-16-37-17-15-30)22-8-10-23(11-9-22)32(34)35/h2-13,20,26H,14-19H2,1H3/t26-/m1/s1. The highest BCUT2D eigenvalue weighted by Crippen LogP contribution is 2.36. The van der Waals surface area contributed by atoms with Gasteiger partial charge in [0.25, 0.3) is 5.69 Å². The topological polar surface area (TPSA) is 86.8 Å². The van der Waals surface area contributed by atoms with Crippen LogP contribution in [0.1, 0.15) is 29.0 Å². The van der Waals surface area contributed by atoms with Crippen LogP contribution in [0.2, 0.25) is 0 Å². The number of nitrogens with zero attached hydrogens (tertiary/aromatic N) is 3. The number of nitro groups is 1. The molecule has 0 spiro atoms. The molecule has 8 nitrogen and oxygen atoms in total. The summed E-state index contributed by atoms with van der Waals surface area (Å²) in [6.45, 7) is 2.88. The van der Waals surface area contributed by atoms with E-state index in [1.165, 1.54) is 12.1 Å². The molecule has 4 aromatic rings. The number of rotatable bonds is 8. The predicted molar refractivity (Wildman–Crippen MR) is 141 cm³/mol. The second-order valence-corrected chi connectivity index (χ2v) is 9.18. The van der Waals surface area contributed by atoms with Crippen LogP contribution in [0.5, 0.6) is 5.75 Å². The first-order chi connectivity index (χ1) is 18.0. The first-order valence-electron chi connectivity index (χ1n) is 12.3. The summed E-state index contributed by atoms with van der Waals surface area (Å²) < 4.78 is 12.9. The molecule has 0 aliphatic carbocycles. The largest absolute Gasteiger partial charge is 0.497 e. The summed E-state index contributed by atoms with van der Waals surface area (Å²) in [6.07, 6.45) is 2.39. The van der Waals surface area contributed by atoms with Crippen molar-refractivity contribution in [1.29, 1.82) is 0 Å². The van der Waals surface area contributed by atoms with Crippen LogP contribution >= 0.6 is 0 Å². The van der Waals surface area contributed by atoms with E-state index in [0.29, 0.717) is 32.8 Å². The lowest BCUT2D eigenvalue weighted by atomic mass is 9.87. The van der Waals surface area contributed by atoms with Crippen molar-refractivity contribution in [1.82, 2.24) is 9.47 Å². The van der Waals surface area contributed by atoms with Gasteiger partial charge in [0.15, 0.2) is 0 Å². The van der Waals surface area contributed by atoms with Crippen molar-refractivity contribution >= 4 is 22.5 Å². The molecule has 1 fully saturated rings. The highest BCUT2D eigenvalue weighted by molar-refractivity contribution is 5.87. The normalized spacial score (nSPS) is 14.5. The summed E-state index contributed by atoms with van der Waals surface area (Å²) in [5.41, 5.74) is 4.13. The zero-order valence-corrected chi connectivity index (χ0v) is 20.7. The summed E-state index contributed by atoms with van der Waals surface area (Å²) in [7, 11) is 1.65. The summed E-state index contributed by atoms with van der Waals surface area (Å²) in [4.78, 5) is 26.1. The van der Waals surface area contributed by atoms with Crippen molar-refractivity contribution in [2.45, 2.75) is 18.9 Å². The number of methoxy groups -OCH3 is 1. The maximum absolute atomic E-state index is 13.4. The maximum atomic E-state index is 13.4. The number of morpholine rings is 1. The SMILES string of the molecule is COc1ccc(Cn2cc([C@H](CC(=O)N3CCOCC3)c3ccc([N+](=O)[O-])cc3)c3ccccc32)cc1. The molecule has 0 N–H and O–H groups in total. The average Bonchev–Trinajstić information content (AvgIpc) is 3.30. The van der Waals surface area contributed by atoms with E-state index in [-0.39, 0.29) is 23.9 Å². The third kappa shape index (κ3) is 5.34. The second kappa shape index (κ2) is 10.8. The number of benzene rings is 3. The van der Waals surface area contributed by atoms with Gasteiger partial charge < -0.3 is 18.9 Å². The minimum atomic E-state index is -0.404. The van der Waals surface area contributed by atoms with Crippen LogP contribution in [0.4, 0.5) is 5.69 Å². The van der Waals surface area contributed by atoms with Crippen molar-refractivity contribution < 1.29 is 19.2 Å². The lowest BCUT2D eigenvalue weighted by molar-refractivity contribution is -0.384. The molecule has 5 rings (SSSR count). The third-order valence-electron chi connectivity index (χ3n) is 6.96. The number of aromatic nitrogens is 1. The molecule has 0 radical (unpaired) electrons. The van der Waals surface area contributed by atoms with Crippen molar-refractivity contribution in [3.8, 4) is 5.75 Å². The van der Waals surface area contributed by atoms with Gasteiger partial charge in [-0.05, 0) is 34.9 Å². The molecule has 1 aromatic heterocycles. The zero-order valence-electron chi connectivity index (χ0n) is 20.7. The van der Waals surface area contributed by atoms with Crippen LogP contribution in [0.15, 0.2) is 79.0 Å². The molecule has 0 bridgehead atoms. The van der Waals surface area contributed by atoms with Crippen LogP contribution in [0, 0.1) is 10.1 Å². The van der Waals surface area contributed by atoms with Crippen molar-refractivity contribution in [2.75, 3.05) is 33.4 Å². The molecule has 1 amide bonds. The van der Waals surface area contributed by atoms with Gasteiger partial charge in [0.1, 0.15) is 5.75 Å². The number of amides is 1. The van der Waals surface area contributed by atoms with E-state index in [4.69, 9.17) is 9.47 Å². The van der Waals surface area contributed by atoms with Crippen molar-refractivity contribution in [3.05, 3.63) is 106 Å². The van der Waals surface area contributed by atoms with Gasteiger partial charge in [0.05, 0.1) is 25.2 Å². The molecule has 8 heteroatoms. The fourth-order valence-corrected chi connectivity index (χ4v) is 4.96. The average molecular weight is 500 g/mol. The molecule has 1 atom stereocenters. The molecule has 0 saturated carbocycles. The predicted octanol–water partition coefficient (Wildman–Crippen LogP) is 4.99. The van der Waals surface area contributed by atoms with Crippen LogP contribution in [0.25, 0.3) is 10.9 Å².